The van der Waals surface area contributed by atoms with Gasteiger partial charge in [0, 0.05) is 6.61 Å². The van der Waals surface area contributed by atoms with Gasteiger partial charge in [-0.3, -0.25) is 0 Å². The molecular weight excluding hydrogens is 300 g/mol. The molecule has 0 amide bonds. The van der Waals surface area contributed by atoms with Gasteiger partial charge in [0.25, 0.3) is 0 Å². The van der Waals surface area contributed by atoms with E-state index in [0.717, 1.165) is 38.5 Å². The fraction of sp³-hybridized carbons (Fsp3) is 0.714. The highest BCUT2D eigenvalue weighted by molar-refractivity contribution is 5.40. The zero-order valence-electron chi connectivity index (χ0n) is 14.7. The monoisotopic (exact) mass is 330 g/mol. The normalized spacial score (nSPS) is 40.7. The van der Waals surface area contributed by atoms with Gasteiger partial charge in [-0.2, -0.15) is 0 Å². The zero-order chi connectivity index (χ0) is 16.9. The van der Waals surface area contributed by atoms with Gasteiger partial charge in [-0.25, -0.2) is 0 Å². The number of aromatic hydroxyl groups is 1. The minimum absolute atomic E-state index is 0.00222. The number of aliphatic hydroxyl groups excluding tert-OH is 1. The fourth-order valence-corrected chi connectivity index (χ4v) is 6.46. The maximum Gasteiger partial charge on any atom is 0.115 e. The third-order valence-electron chi connectivity index (χ3n) is 7.78. The van der Waals surface area contributed by atoms with Gasteiger partial charge in [-0.15, -0.1) is 0 Å². The standard InChI is InChI=1S/C21H30O3/c1-20-10-7-17-16-6-4-15(23)13-14(16)3-5-18(17)19(20)8-11-21(20,24)9-2-12-22/h4,6,13,17-19,22-24H,2-3,5,7-12H2,1H3/t17-,18?,19+,20?,21+/m1/s1. The van der Waals surface area contributed by atoms with Crippen LogP contribution in [-0.4, -0.2) is 27.5 Å². The Labute approximate surface area is 144 Å². The molecule has 3 aliphatic rings. The van der Waals surface area contributed by atoms with Crippen molar-refractivity contribution in [2.45, 2.75) is 69.8 Å². The first-order valence-corrected chi connectivity index (χ1v) is 9.63. The number of rotatable bonds is 3. The van der Waals surface area contributed by atoms with Crippen molar-refractivity contribution in [3.63, 3.8) is 0 Å². The first-order valence-electron chi connectivity index (χ1n) is 9.63. The van der Waals surface area contributed by atoms with Gasteiger partial charge in [0.05, 0.1) is 5.60 Å². The Balaban J connectivity index is 1.63. The predicted molar refractivity (Wildman–Crippen MR) is 94.0 cm³/mol. The van der Waals surface area contributed by atoms with Crippen molar-refractivity contribution < 1.29 is 15.3 Å². The molecule has 3 heteroatoms. The Morgan fingerprint density at radius 1 is 1.17 bits per heavy atom. The van der Waals surface area contributed by atoms with Crippen LogP contribution < -0.4 is 0 Å². The molecule has 0 radical (unpaired) electrons. The zero-order valence-corrected chi connectivity index (χ0v) is 14.7. The lowest BCUT2D eigenvalue weighted by Gasteiger charge is -2.53. The third-order valence-corrected chi connectivity index (χ3v) is 7.78. The summed E-state index contributed by atoms with van der Waals surface area (Å²) in [7, 11) is 0. The number of hydrogen-bond acceptors (Lipinski definition) is 3. The van der Waals surface area contributed by atoms with E-state index in [1.54, 1.807) is 0 Å². The maximum absolute atomic E-state index is 11.4. The topological polar surface area (TPSA) is 60.7 Å². The van der Waals surface area contributed by atoms with E-state index in [2.05, 4.69) is 13.0 Å². The molecule has 0 heterocycles. The van der Waals surface area contributed by atoms with Gasteiger partial charge in [-0.05, 0) is 97.8 Å². The molecular formula is C21H30O3. The van der Waals surface area contributed by atoms with Gasteiger partial charge in [-0.1, -0.05) is 13.0 Å². The Bertz CT molecular complexity index is 628. The first kappa shape index (κ1) is 16.4. The van der Waals surface area contributed by atoms with Crippen LogP contribution in [0.2, 0.25) is 0 Å². The van der Waals surface area contributed by atoms with Crippen LogP contribution in [0.15, 0.2) is 18.2 Å². The molecule has 0 aliphatic heterocycles. The van der Waals surface area contributed by atoms with Crippen LogP contribution >= 0.6 is 0 Å². The number of aryl methyl sites for hydroxylation is 1. The quantitative estimate of drug-likeness (QED) is 0.791. The fourth-order valence-electron chi connectivity index (χ4n) is 6.46. The maximum atomic E-state index is 11.4. The van der Waals surface area contributed by atoms with E-state index in [1.807, 2.05) is 12.1 Å². The molecule has 24 heavy (non-hydrogen) atoms. The van der Waals surface area contributed by atoms with E-state index in [1.165, 1.54) is 17.5 Å². The molecule has 1 aromatic rings. The number of hydrogen-bond donors (Lipinski definition) is 3. The van der Waals surface area contributed by atoms with Gasteiger partial charge >= 0.3 is 0 Å². The largest absolute Gasteiger partial charge is 0.508 e. The van der Waals surface area contributed by atoms with E-state index in [0.29, 0.717) is 29.9 Å². The predicted octanol–water partition coefficient (Wildman–Crippen LogP) is 3.75. The second-order valence-electron chi connectivity index (χ2n) is 8.65. The summed E-state index contributed by atoms with van der Waals surface area (Å²) in [5.41, 5.74) is 2.17. The number of phenolic OH excluding ortho intramolecular Hbond substituents is 1. The molecule has 0 saturated heterocycles. The number of aliphatic hydroxyl groups is 2. The van der Waals surface area contributed by atoms with Gasteiger partial charge in [0.1, 0.15) is 5.75 Å². The summed E-state index contributed by atoms with van der Waals surface area (Å²) < 4.78 is 0. The van der Waals surface area contributed by atoms with Crippen molar-refractivity contribution in [3.05, 3.63) is 29.3 Å². The average molecular weight is 330 g/mol. The summed E-state index contributed by atoms with van der Waals surface area (Å²) in [6.07, 6.45) is 7.88. The summed E-state index contributed by atoms with van der Waals surface area (Å²) >= 11 is 0. The minimum Gasteiger partial charge on any atom is -0.508 e. The van der Waals surface area contributed by atoms with Crippen LogP contribution in [0.5, 0.6) is 5.75 Å². The smallest absolute Gasteiger partial charge is 0.115 e. The average Bonchev–Trinajstić information content (AvgIpc) is 2.84. The second kappa shape index (κ2) is 5.74. The molecule has 1 aromatic carbocycles. The third kappa shape index (κ3) is 2.24. The van der Waals surface area contributed by atoms with Crippen LogP contribution in [0.4, 0.5) is 0 Å². The van der Waals surface area contributed by atoms with Crippen molar-refractivity contribution in [3.8, 4) is 5.75 Å². The van der Waals surface area contributed by atoms with E-state index < -0.39 is 5.60 Å². The van der Waals surface area contributed by atoms with Crippen molar-refractivity contribution in [1.29, 1.82) is 0 Å². The van der Waals surface area contributed by atoms with Crippen LogP contribution in [0.1, 0.15) is 68.9 Å². The highest BCUT2D eigenvalue weighted by Crippen LogP contribution is 2.65. The van der Waals surface area contributed by atoms with E-state index in [4.69, 9.17) is 0 Å². The summed E-state index contributed by atoms with van der Waals surface area (Å²) in [6, 6.07) is 5.92. The lowest BCUT2D eigenvalue weighted by molar-refractivity contribution is -0.109. The molecule has 132 valence electrons. The Morgan fingerprint density at radius 2 is 2.00 bits per heavy atom. The van der Waals surface area contributed by atoms with Crippen LogP contribution in [0.3, 0.4) is 0 Å². The van der Waals surface area contributed by atoms with Gasteiger partial charge in [0.15, 0.2) is 0 Å². The number of phenols is 1. The van der Waals surface area contributed by atoms with Crippen molar-refractivity contribution in [2.75, 3.05) is 6.61 Å². The van der Waals surface area contributed by atoms with Crippen LogP contribution in [0, 0.1) is 17.3 Å². The molecule has 2 saturated carbocycles. The van der Waals surface area contributed by atoms with E-state index in [-0.39, 0.29) is 12.0 Å². The molecule has 3 nitrogen and oxygen atoms in total. The molecule has 0 bridgehead atoms. The number of fused-ring (bicyclic) bond motifs is 5. The lowest BCUT2D eigenvalue weighted by Crippen LogP contribution is -2.50. The minimum atomic E-state index is -0.597. The molecule has 0 aromatic heterocycles. The molecule has 0 spiro atoms. The Hall–Kier alpha value is -1.06. The van der Waals surface area contributed by atoms with Crippen LogP contribution in [-0.2, 0) is 6.42 Å². The molecule has 4 rings (SSSR count). The highest BCUT2D eigenvalue weighted by Gasteiger charge is 2.60. The van der Waals surface area contributed by atoms with Crippen molar-refractivity contribution >= 4 is 0 Å². The Morgan fingerprint density at radius 3 is 2.79 bits per heavy atom. The molecule has 2 fully saturated rings. The summed E-state index contributed by atoms with van der Waals surface area (Å²) in [4.78, 5) is 0. The molecule has 3 aliphatic carbocycles. The van der Waals surface area contributed by atoms with Crippen LogP contribution in [0.25, 0.3) is 0 Å². The van der Waals surface area contributed by atoms with E-state index >= 15 is 0 Å². The SMILES string of the molecule is CC12CC[C@@H]3c4ccc(O)cc4CCC3[C@@H]1CC[C@@]2(O)CCCO. The van der Waals surface area contributed by atoms with Crippen molar-refractivity contribution in [2.24, 2.45) is 17.3 Å². The van der Waals surface area contributed by atoms with Crippen molar-refractivity contribution in [1.82, 2.24) is 0 Å². The van der Waals surface area contributed by atoms with Gasteiger partial charge in [0.2, 0.25) is 0 Å². The summed E-state index contributed by atoms with van der Waals surface area (Å²) in [6.45, 7) is 2.48. The molecule has 2 unspecified atom stereocenters. The molecule has 3 N–H and O–H groups in total. The van der Waals surface area contributed by atoms with E-state index in [9.17, 15) is 15.3 Å². The first-order chi connectivity index (χ1) is 11.5. The van der Waals surface area contributed by atoms with Gasteiger partial charge < -0.3 is 15.3 Å². The summed E-state index contributed by atoms with van der Waals surface area (Å²) in [5, 5.41) is 30.3. The highest BCUT2D eigenvalue weighted by atomic mass is 16.3. The molecule has 5 atom stereocenters. The summed E-state index contributed by atoms with van der Waals surface area (Å²) in [5.74, 6) is 2.21. The number of benzene rings is 1. The Kier molecular flexibility index (Phi) is 3.92. The second-order valence-corrected chi connectivity index (χ2v) is 8.65. The lowest BCUT2D eigenvalue weighted by atomic mass is 9.53.